The van der Waals surface area contributed by atoms with Gasteiger partial charge in [-0.1, -0.05) is 23.5 Å². The van der Waals surface area contributed by atoms with Crippen LogP contribution in [0, 0.1) is 0 Å². The minimum absolute atomic E-state index is 0.340. The van der Waals surface area contributed by atoms with Crippen molar-refractivity contribution in [2.75, 3.05) is 7.11 Å². The van der Waals surface area contributed by atoms with Crippen molar-refractivity contribution in [1.29, 1.82) is 0 Å². The highest BCUT2D eigenvalue weighted by Crippen LogP contribution is 2.14. The van der Waals surface area contributed by atoms with Crippen LogP contribution in [0.1, 0.15) is 34.8 Å². The van der Waals surface area contributed by atoms with Crippen LogP contribution in [0.4, 0.5) is 0 Å². The Hall–Kier alpha value is -2.48. The van der Waals surface area contributed by atoms with E-state index in [9.17, 15) is 9.59 Å². The van der Waals surface area contributed by atoms with E-state index in [0.717, 1.165) is 22.8 Å². The normalized spacial score (nSPS) is 11.6. The van der Waals surface area contributed by atoms with Gasteiger partial charge >= 0.3 is 5.97 Å². The average Bonchev–Trinajstić information content (AvgIpc) is 3.08. The number of rotatable bonds is 7. The zero-order valence-electron chi connectivity index (χ0n) is 13.7. The monoisotopic (exact) mass is 349 g/mol. The summed E-state index contributed by atoms with van der Waals surface area (Å²) in [5.41, 5.74) is 1.50. The Labute approximate surface area is 144 Å². The summed E-state index contributed by atoms with van der Waals surface area (Å²) < 4.78 is 14.0. The quantitative estimate of drug-likeness (QED) is 0.769. The van der Waals surface area contributed by atoms with Crippen LogP contribution < -0.4 is 10.1 Å². The Balaban J connectivity index is 1.86. The summed E-state index contributed by atoms with van der Waals surface area (Å²) in [7, 11) is 1.59. The number of amides is 1. The largest absolute Gasteiger partial charge is 0.497 e. The summed E-state index contributed by atoms with van der Waals surface area (Å²) in [5, 5.41) is 6.59. The Morgan fingerprint density at radius 3 is 2.62 bits per heavy atom. The van der Waals surface area contributed by atoms with Crippen LogP contribution in [-0.2, 0) is 22.5 Å². The molecule has 1 atom stereocenters. The van der Waals surface area contributed by atoms with Gasteiger partial charge in [-0.05, 0) is 42.6 Å². The van der Waals surface area contributed by atoms with Gasteiger partial charge in [-0.3, -0.25) is 4.79 Å². The van der Waals surface area contributed by atoms with Crippen LogP contribution in [0.2, 0.25) is 0 Å². The maximum absolute atomic E-state index is 12.1. The predicted molar refractivity (Wildman–Crippen MR) is 89.0 cm³/mol. The molecule has 128 valence electrons. The minimum Gasteiger partial charge on any atom is -0.497 e. The highest BCUT2D eigenvalue weighted by Gasteiger charge is 2.22. The smallest absolute Gasteiger partial charge is 0.352 e. The Morgan fingerprint density at radius 1 is 1.29 bits per heavy atom. The van der Waals surface area contributed by atoms with Crippen LogP contribution in [0.5, 0.6) is 5.75 Å². The molecular formula is C16H19N3O4S. The third kappa shape index (κ3) is 4.51. The number of methoxy groups -OCH3 is 1. The van der Waals surface area contributed by atoms with Crippen LogP contribution in [0.15, 0.2) is 24.3 Å². The number of benzene rings is 1. The number of hydrogen-bond donors (Lipinski definition) is 1. The van der Waals surface area contributed by atoms with E-state index in [0.29, 0.717) is 23.5 Å². The number of nitrogens with zero attached hydrogens (tertiary/aromatic N) is 2. The molecule has 0 aliphatic carbocycles. The molecule has 0 radical (unpaired) electrons. The lowest BCUT2D eigenvalue weighted by atomic mass is 10.2. The van der Waals surface area contributed by atoms with E-state index >= 15 is 0 Å². The molecule has 1 heterocycles. The van der Waals surface area contributed by atoms with Gasteiger partial charge in [0.1, 0.15) is 5.75 Å². The topological polar surface area (TPSA) is 90.4 Å². The lowest BCUT2D eigenvalue weighted by Gasteiger charge is -2.13. The van der Waals surface area contributed by atoms with Crippen LogP contribution in [-0.4, -0.2) is 34.7 Å². The average molecular weight is 349 g/mol. The molecule has 0 fully saturated rings. The standard InChI is InChI=1S/C16H19N3O4S/c1-4-13-14(24-19-18-13)16(21)23-10(2)15(20)17-9-11-5-7-12(22-3)8-6-11/h5-8,10H,4,9H2,1-3H3,(H,17,20)/t10-/m1/s1. The van der Waals surface area contributed by atoms with E-state index in [4.69, 9.17) is 9.47 Å². The molecule has 0 unspecified atom stereocenters. The summed E-state index contributed by atoms with van der Waals surface area (Å²) in [6, 6.07) is 7.33. The highest BCUT2D eigenvalue weighted by atomic mass is 32.1. The fraction of sp³-hybridized carbons (Fsp3) is 0.375. The lowest BCUT2D eigenvalue weighted by molar-refractivity contribution is -0.129. The molecule has 0 saturated heterocycles. The Kier molecular flexibility index (Phi) is 6.25. The second kappa shape index (κ2) is 8.39. The molecule has 2 aromatic rings. The van der Waals surface area contributed by atoms with Gasteiger partial charge in [0.05, 0.1) is 12.8 Å². The van der Waals surface area contributed by atoms with Gasteiger partial charge in [0, 0.05) is 6.54 Å². The van der Waals surface area contributed by atoms with Crippen molar-refractivity contribution in [3.05, 3.63) is 40.4 Å². The zero-order valence-corrected chi connectivity index (χ0v) is 14.6. The van der Waals surface area contributed by atoms with E-state index in [-0.39, 0.29) is 5.91 Å². The number of carbonyl (C=O) groups is 2. The fourth-order valence-corrected chi connectivity index (χ4v) is 2.57. The van der Waals surface area contributed by atoms with Crippen molar-refractivity contribution in [2.24, 2.45) is 0 Å². The molecule has 0 spiro atoms. The van der Waals surface area contributed by atoms with Gasteiger partial charge in [-0.15, -0.1) is 5.10 Å². The van der Waals surface area contributed by atoms with Crippen LogP contribution >= 0.6 is 11.5 Å². The van der Waals surface area contributed by atoms with Crippen LogP contribution in [0.3, 0.4) is 0 Å². The SMILES string of the molecule is CCc1nnsc1C(=O)O[C@H](C)C(=O)NCc1ccc(OC)cc1. The summed E-state index contributed by atoms with van der Waals surface area (Å²) in [6.07, 6.45) is -0.318. The summed E-state index contributed by atoms with van der Waals surface area (Å²) >= 11 is 0.970. The predicted octanol–water partition coefficient (Wildman–Crippen LogP) is 1.97. The van der Waals surface area contributed by atoms with Crippen molar-refractivity contribution in [3.8, 4) is 5.75 Å². The summed E-state index contributed by atoms with van der Waals surface area (Å²) in [5.74, 6) is -0.194. The second-order valence-electron chi connectivity index (χ2n) is 5.02. The molecule has 0 aliphatic heterocycles. The summed E-state index contributed by atoms with van der Waals surface area (Å²) in [6.45, 7) is 3.74. The van der Waals surface area contributed by atoms with E-state index in [2.05, 4.69) is 14.9 Å². The van der Waals surface area contributed by atoms with Gasteiger partial charge in [-0.25, -0.2) is 4.79 Å². The molecule has 0 aliphatic rings. The number of carbonyl (C=O) groups excluding carboxylic acids is 2. The van der Waals surface area contributed by atoms with Gasteiger partial charge in [-0.2, -0.15) is 0 Å². The van der Waals surface area contributed by atoms with Gasteiger partial charge < -0.3 is 14.8 Å². The first-order valence-electron chi connectivity index (χ1n) is 7.48. The van der Waals surface area contributed by atoms with E-state index in [1.54, 1.807) is 7.11 Å². The molecule has 1 aromatic carbocycles. The number of aromatic nitrogens is 2. The van der Waals surface area contributed by atoms with Crippen molar-refractivity contribution in [3.63, 3.8) is 0 Å². The third-order valence-electron chi connectivity index (χ3n) is 3.35. The minimum atomic E-state index is -0.900. The number of hydrogen-bond acceptors (Lipinski definition) is 7. The number of ether oxygens (including phenoxy) is 2. The number of nitrogens with one attached hydrogen (secondary N) is 1. The van der Waals surface area contributed by atoms with Crippen molar-refractivity contribution in [2.45, 2.75) is 32.9 Å². The Morgan fingerprint density at radius 2 is 2.00 bits per heavy atom. The third-order valence-corrected chi connectivity index (χ3v) is 4.10. The molecular weight excluding hydrogens is 330 g/mol. The molecule has 7 nitrogen and oxygen atoms in total. The summed E-state index contributed by atoms with van der Waals surface area (Å²) in [4.78, 5) is 24.5. The number of aryl methyl sites for hydroxylation is 1. The van der Waals surface area contributed by atoms with E-state index in [1.807, 2.05) is 31.2 Å². The van der Waals surface area contributed by atoms with Crippen molar-refractivity contribution >= 4 is 23.4 Å². The molecule has 0 bridgehead atoms. The zero-order chi connectivity index (χ0) is 17.5. The number of esters is 1. The fourth-order valence-electron chi connectivity index (χ4n) is 1.94. The molecule has 24 heavy (non-hydrogen) atoms. The second-order valence-corrected chi connectivity index (χ2v) is 5.77. The molecule has 0 saturated carbocycles. The lowest BCUT2D eigenvalue weighted by Crippen LogP contribution is -2.35. The molecule has 1 amide bonds. The molecule has 1 aromatic heterocycles. The van der Waals surface area contributed by atoms with Crippen LogP contribution in [0.25, 0.3) is 0 Å². The van der Waals surface area contributed by atoms with Gasteiger partial charge in [0.15, 0.2) is 11.0 Å². The molecule has 2 rings (SSSR count). The Bertz CT molecular complexity index is 700. The first kappa shape index (κ1) is 17.9. The van der Waals surface area contributed by atoms with Crippen molar-refractivity contribution in [1.82, 2.24) is 14.9 Å². The van der Waals surface area contributed by atoms with Gasteiger partial charge in [0.25, 0.3) is 5.91 Å². The maximum atomic E-state index is 12.1. The van der Waals surface area contributed by atoms with Crippen molar-refractivity contribution < 1.29 is 19.1 Å². The van der Waals surface area contributed by atoms with E-state index in [1.165, 1.54) is 6.92 Å². The maximum Gasteiger partial charge on any atom is 0.352 e. The van der Waals surface area contributed by atoms with E-state index < -0.39 is 12.1 Å². The highest BCUT2D eigenvalue weighted by molar-refractivity contribution is 7.07. The molecule has 1 N–H and O–H groups in total. The first-order chi connectivity index (χ1) is 11.5. The first-order valence-corrected chi connectivity index (χ1v) is 8.25. The van der Waals surface area contributed by atoms with Gasteiger partial charge in [0.2, 0.25) is 0 Å². The molecule has 8 heteroatoms.